The number of aliphatic hydroxyl groups is 1. The van der Waals surface area contributed by atoms with Gasteiger partial charge in [0.2, 0.25) is 0 Å². The van der Waals surface area contributed by atoms with Crippen LogP contribution in [0.15, 0.2) is 35.5 Å². The predicted molar refractivity (Wildman–Crippen MR) is 68.1 cm³/mol. The van der Waals surface area contributed by atoms with E-state index in [-0.39, 0.29) is 6.61 Å². The zero-order valence-corrected chi connectivity index (χ0v) is 10.2. The highest BCUT2D eigenvalue weighted by atomic mass is 16.3. The van der Waals surface area contributed by atoms with Crippen LogP contribution in [0.3, 0.4) is 0 Å². The summed E-state index contributed by atoms with van der Waals surface area (Å²) in [6.07, 6.45) is 10.6. The summed E-state index contributed by atoms with van der Waals surface area (Å²) in [4.78, 5) is 0. The molecule has 88 valence electrons. The molecule has 1 unspecified atom stereocenters. The van der Waals surface area contributed by atoms with Crippen molar-refractivity contribution in [3.8, 4) is 0 Å². The van der Waals surface area contributed by atoms with Crippen molar-refractivity contribution in [2.45, 2.75) is 39.0 Å². The summed E-state index contributed by atoms with van der Waals surface area (Å²) in [5, 5.41) is 9.25. The van der Waals surface area contributed by atoms with Crippen molar-refractivity contribution in [2.24, 2.45) is 11.8 Å². The molecule has 16 heavy (non-hydrogen) atoms. The molecule has 0 radical (unpaired) electrons. The van der Waals surface area contributed by atoms with Gasteiger partial charge in [-0.1, -0.05) is 31.6 Å². The minimum Gasteiger partial charge on any atom is -0.392 e. The highest BCUT2D eigenvalue weighted by Gasteiger charge is 2.31. The highest BCUT2D eigenvalue weighted by Crippen LogP contribution is 2.45. The Morgan fingerprint density at radius 2 is 2.12 bits per heavy atom. The highest BCUT2D eigenvalue weighted by molar-refractivity contribution is 5.41. The fraction of sp³-hybridized carbons (Fsp3) is 0.600. The fourth-order valence-electron chi connectivity index (χ4n) is 2.77. The van der Waals surface area contributed by atoms with E-state index in [0.29, 0.717) is 0 Å². The fourth-order valence-corrected chi connectivity index (χ4v) is 2.77. The van der Waals surface area contributed by atoms with Crippen molar-refractivity contribution in [1.29, 1.82) is 0 Å². The van der Waals surface area contributed by atoms with Gasteiger partial charge in [0.05, 0.1) is 6.61 Å². The average molecular weight is 218 g/mol. The largest absolute Gasteiger partial charge is 0.392 e. The van der Waals surface area contributed by atoms with E-state index in [9.17, 15) is 5.11 Å². The van der Waals surface area contributed by atoms with Crippen molar-refractivity contribution in [3.63, 3.8) is 0 Å². The van der Waals surface area contributed by atoms with Crippen LogP contribution < -0.4 is 0 Å². The Labute approximate surface area is 98.6 Å². The third kappa shape index (κ3) is 2.65. The first-order valence-electron chi connectivity index (χ1n) is 6.36. The second kappa shape index (κ2) is 5.01. The molecule has 0 aromatic rings. The Morgan fingerprint density at radius 1 is 1.38 bits per heavy atom. The normalized spacial score (nSPS) is 30.9. The number of allylic oxidation sites excluding steroid dienone is 4. The molecule has 2 saturated carbocycles. The molecular formula is C15H22O. The molecule has 2 fully saturated rings. The van der Waals surface area contributed by atoms with Crippen molar-refractivity contribution >= 4 is 0 Å². The lowest BCUT2D eigenvalue weighted by atomic mass is 10.00. The van der Waals surface area contributed by atoms with Crippen LogP contribution >= 0.6 is 0 Å². The van der Waals surface area contributed by atoms with Gasteiger partial charge in [-0.05, 0) is 54.7 Å². The molecule has 0 aromatic carbocycles. The zero-order valence-electron chi connectivity index (χ0n) is 10.2. The molecule has 2 aliphatic rings. The van der Waals surface area contributed by atoms with Gasteiger partial charge in [-0.25, -0.2) is 0 Å². The predicted octanol–water partition coefficient (Wildman–Crippen LogP) is 3.62. The SMILES string of the molecule is C=C/C=C1/CC(CC2CC2)C/C1=C(/C)CO. The van der Waals surface area contributed by atoms with Gasteiger partial charge in [0, 0.05) is 0 Å². The molecule has 0 amide bonds. The van der Waals surface area contributed by atoms with Crippen LogP contribution in [-0.2, 0) is 0 Å². The molecular weight excluding hydrogens is 196 g/mol. The van der Waals surface area contributed by atoms with Crippen LogP contribution in [-0.4, -0.2) is 11.7 Å². The topological polar surface area (TPSA) is 20.2 Å². The maximum absolute atomic E-state index is 9.25. The van der Waals surface area contributed by atoms with E-state index >= 15 is 0 Å². The Morgan fingerprint density at radius 3 is 2.69 bits per heavy atom. The van der Waals surface area contributed by atoms with Gasteiger partial charge < -0.3 is 5.11 Å². The van der Waals surface area contributed by atoms with E-state index in [2.05, 4.69) is 12.7 Å². The van der Waals surface area contributed by atoms with Crippen molar-refractivity contribution in [3.05, 3.63) is 35.5 Å². The Hall–Kier alpha value is -0.820. The maximum Gasteiger partial charge on any atom is 0.0644 e. The van der Waals surface area contributed by atoms with Crippen LogP contribution in [0.4, 0.5) is 0 Å². The molecule has 0 spiro atoms. The first kappa shape index (κ1) is 11.7. The van der Waals surface area contributed by atoms with E-state index in [1.807, 2.05) is 13.0 Å². The summed E-state index contributed by atoms with van der Waals surface area (Å²) in [7, 11) is 0. The second-order valence-electron chi connectivity index (χ2n) is 5.30. The van der Waals surface area contributed by atoms with E-state index in [0.717, 1.165) is 17.4 Å². The molecule has 0 saturated heterocycles. The summed E-state index contributed by atoms with van der Waals surface area (Å²) >= 11 is 0. The number of aliphatic hydroxyl groups excluding tert-OH is 1. The standard InChI is InChI=1S/C15H22O/c1-3-4-14-8-13(7-12-5-6-12)9-15(14)11(2)10-16/h3-4,12-13,16H,1,5-10H2,2H3/b14-4-,15-11+. The molecule has 1 nitrogen and oxygen atoms in total. The van der Waals surface area contributed by atoms with E-state index in [4.69, 9.17) is 0 Å². The Balaban J connectivity index is 2.10. The molecule has 0 aliphatic heterocycles. The van der Waals surface area contributed by atoms with Gasteiger partial charge in [0.15, 0.2) is 0 Å². The van der Waals surface area contributed by atoms with Crippen LogP contribution in [0.1, 0.15) is 39.0 Å². The summed E-state index contributed by atoms with van der Waals surface area (Å²) < 4.78 is 0. The third-order valence-electron chi connectivity index (χ3n) is 3.82. The smallest absolute Gasteiger partial charge is 0.0644 e. The van der Waals surface area contributed by atoms with Crippen molar-refractivity contribution < 1.29 is 5.11 Å². The minimum absolute atomic E-state index is 0.194. The Kier molecular flexibility index (Phi) is 3.65. The number of rotatable bonds is 4. The molecule has 2 rings (SSSR count). The van der Waals surface area contributed by atoms with Gasteiger partial charge in [-0.3, -0.25) is 0 Å². The summed E-state index contributed by atoms with van der Waals surface area (Å²) in [6.45, 7) is 6.02. The van der Waals surface area contributed by atoms with Gasteiger partial charge >= 0.3 is 0 Å². The lowest BCUT2D eigenvalue weighted by molar-refractivity contribution is 0.330. The van der Waals surface area contributed by atoms with E-state index < -0.39 is 0 Å². The third-order valence-corrected chi connectivity index (χ3v) is 3.82. The molecule has 1 atom stereocenters. The Bertz CT molecular complexity index is 331. The second-order valence-corrected chi connectivity index (χ2v) is 5.30. The first-order valence-corrected chi connectivity index (χ1v) is 6.36. The summed E-state index contributed by atoms with van der Waals surface area (Å²) in [5.74, 6) is 1.82. The van der Waals surface area contributed by atoms with Gasteiger partial charge in [0.25, 0.3) is 0 Å². The number of hydrogen-bond acceptors (Lipinski definition) is 1. The minimum atomic E-state index is 0.194. The van der Waals surface area contributed by atoms with Gasteiger partial charge in [-0.2, -0.15) is 0 Å². The summed E-state index contributed by atoms with van der Waals surface area (Å²) in [5.41, 5.74) is 3.95. The molecule has 0 aromatic heterocycles. The van der Waals surface area contributed by atoms with Crippen molar-refractivity contribution in [1.82, 2.24) is 0 Å². The summed E-state index contributed by atoms with van der Waals surface area (Å²) in [6, 6.07) is 0. The van der Waals surface area contributed by atoms with E-state index in [1.54, 1.807) is 0 Å². The molecule has 2 aliphatic carbocycles. The quantitative estimate of drug-likeness (QED) is 0.764. The van der Waals surface area contributed by atoms with E-state index in [1.165, 1.54) is 43.3 Å². The van der Waals surface area contributed by atoms with Crippen LogP contribution in [0, 0.1) is 11.8 Å². The lowest BCUT2D eigenvalue weighted by Gasteiger charge is -2.06. The van der Waals surface area contributed by atoms with Gasteiger partial charge in [0.1, 0.15) is 0 Å². The van der Waals surface area contributed by atoms with Crippen LogP contribution in [0.25, 0.3) is 0 Å². The number of hydrogen-bond donors (Lipinski definition) is 1. The molecule has 0 bridgehead atoms. The maximum atomic E-state index is 9.25. The average Bonchev–Trinajstić information content (AvgIpc) is 2.99. The van der Waals surface area contributed by atoms with Crippen LogP contribution in [0.2, 0.25) is 0 Å². The zero-order chi connectivity index (χ0) is 11.5. The first-order chi connectivity index (χ1) is 7.74. The lowest BCUT2D eigenvalue weighted by Crippen LogP contribution is -1.95. The molecule has 1 N–H and O–H groups in total. The monoisotopic (exact) mass is 218 g/mol. The van der Waals surface area contributed by atoms with Crippen molar-refractivity contribution in [2.75, 3.05) is 6.61 Å². The molecule has 0 heterocycles. The van der Waals surface area contributed by atoms with Gasteiger partial charge in [-0.15, -0.1) is 0 Å². The van der Waals surface area contributed by atoms with Crippen LogP contribution in [0.5, 0.6) is 0 Å². The molecule has 1 heteroatoms.